The highest BCUT2D eigenvalue weighted by molar-refractivity contribution is 6.70. The van der Waals surface area contributed by atoms with Crippen LogP contribution >= 0.6 is 0 Å². The summed E-state index contributed by atoms with van der Waals surface area (Å²) >= 11 is 0. The van der Waals surface area contributed by atoms with Gasteiger partial charge in [-0.1, -0.05) is 41.5 Å². The quantitative estimate of drug-likeness (QED) is 0.452. The van der Waals surface area contributed by atoms with Gasteiger partial charge in [0, 0.05) is 24.3 Å². The zero-order valence-corrected chi connectivity index (χ0v) is 18.2. The topological polar surface area (TPSA) is 18.5 Å². The molecule has 2 aliphatic carbocycles. The van der Waals surface area contributed by atoms with E-state index in [2.05, 4.69) is 41.5 Å². The third-order valence-electron chi connectivity index (χ3n) is 6.35. The highest BCUT2D eigenvalue weighted by atomic mass is 28.4. The highest BCUT2D eigenvalue weighted by Gasteiger charge is 2.56. The lowest BCUT2D eigenvalue weighted by molar-refractivity contribution is 0.128. The van der Waals surface area contributed by atoms with Gasteiger partial charge in [-0.15, -0.1) is 0 Å². The lowest BCUT2D eigenvalue weighted by Crippen LogP contribution is -2.53. The summed E-state index contributed by atoms with van der Waals surface area (Å²) in [6.45, 7) is 16.0. The van der Waals surface area contributed by atoms with Crippen molar-refractivity contribution in [3.05, 3.63) is 0 Å². The van der Waals surface area contributed by atoms with Crippen LogP contribution in [0.15, 0.2) is 0 Å². The molecule has 3 heteroatoms. The molecule has 0 aromatic carbocycles. The number of hydrogen-bond acceptors (Lipinski definition) is 2. The molecule has 2 fully saturated rings. The molecule has 2 nitrogen and oxygen atoms in total. The van der Waals surface area contributed by atoms with Crippen LogP contribution in [0, 0.1) is 17.3 Å². The Hall–Kier alpha value is 0.137. The zero-order valence-electron chi connectivity index (χ0n) is 17.2. The largest absolute Gasteiger partial charge is 0.394 e. The average molecular weight is 355 g/mol. The standard InChI is InChI=1S/C21H42O2Si/c1-7-11-22-24(23-12-8-2,19-9-10-21(5,6)16-19)20-14-17(3)13-18(4)15-20/h17-20H,7-16H2,1-6H3. The van der Waals surface area contributed by atoms with E-state index in [1.807, 2.05) is 0 Å². The van der Waals surface area contributed by atoms with E-state index >= 15 is 0 Å². The van der Waals surface area contributed by atoms with Crippen LogP contribution in [0.1, 0.15) is 92.9 Å². The van der Waals surface area contributed by atoms with Gasteiger partial charge in [0.15, 0.2) is 0 Å². The molecule has 3 atom stereocenters. The first-order valence-corrected chi connectivity index (χ1v) is 12.6. The Kier molecular flexibility index (Phi) is 7.40. The SMILES string of the molecule is CCCO[Si](OCCC)(C1CC(C)CC(C)C1)C1CCC(C)(C)C1. The van der Waals surface area contributed by atoms with Gasteiger partial charge >= 0.3 is 8.56 Å². The van der Waals surface area contributed by atoms with Gasteiger partial charge in [-0.3, -0.25) is 0 Å². The molecule has 0 bridgehead atoms. The van der Waals surface area contributed by atoms with Gasteiger partial charge in [0.25, 0.3) is 0 Å². The molecule has 0 heterocycles. The molecule has 2 aliphatic rings. The first-order valence-electron chi connectivity index (χ1n) is 10.6. The van der Waals surface area contributed by atoms with E-state index in [4.69, 9.17) is 8.85 Å². The summed E-state index contributed by atoms with van der Waals surface area (Å²) in [6.07, 6.45) is 10.3. The van der Waals surface area contributed by atoms with Crippen LogP contribution in [0.2, 0.25) is 11.1 Å². The number of rotatable bonds is 8. The molecule has 0 amide bonds. The second kappa shape index (κ2) is 8.68. The van der Waals surface area contributed by atoms with Crippen molar-refractivity contribution in [3.8, 4) is 0 Å². The molecule has 142 valence electrons. The third-order valence-corrected chi connectivity index (χ3v) is 10.9. The average Bonchev–Trinajstić information content (AvgIpc) is 2.87. The minimum Gasteiger partial charge on any atom is -0.394 e. The van der Waals surface area contributed by atoms with Crippen LogP contribution in [-0.4, -0.2) is 21.8 Å². The van der Waals surface area contributed by atoms with Crippen molar-refractivity contribution < 1.29 is 8.85 Å². The fourth-order valence-corrected chi connectivity index (χ4v) is 11.0. The minimum atomic E-state index is -2.18. The maximum atomic E-state index is 6.81. The van der Waals surface area contributed by atoms with E-state index in [-0.39, 0.29) is 0 Å². The van der Waals surface area contributed by atoms with Gasteiger partial charge in [0.05, 0.1) is 0 Å². The van der Waals surface area contributed by atoms with Gasteiger partial charge in [-0.2, -0.15) is 0 Å². The summed E-state index contributed by atoms with van der Waals surface area (Å²) in [6, 6.07) is 0. The van der Waals surface area contributed by atoms with E-state index in [0.29, 0.717) is 16.5 Å². The molecular weight excluding hydrogens is 312 g/mol. The van der Waals surface area contributed by atoms with E-state index in [0.717, 1.165) is 37.9 Å². The van der Waals surface area contributed by atoms with Crippen molar-refractivity contribution in [2.45, 2.75) is 104 Å². The third kappa shape index (κ3) is 4.85. The minimum absolute atomic E-state index is 0.472. The monoisotopic (exact) mass is 354 g/mol. The summed E-state index contributed by atoms with van der Waals surface area (Å²) in [5.74, 6) is 1.66. The maximum absolute atomic E-state index is 6.81. The Morgan fingerprint density at radius 3 is 1.83 bits per heavy atom. The lowest BCUT2D eigenvalue weighted by atomic mass is 9.83. The molecule has 0 radical (unpaired) electrons. The fraction of sp³-hybridized carbons (Fsp3) is 1.00. The molecule has 24 heavy (non-hydrogen) atoms. The predicted octanol–water partition coefficient (Wildman–Crippen LogP) is 6.69. The van der Waals surface area contributed by atoms with Crippen LogP contribution < -0.4 is 0 Å². The van der Waals surface area contributed by atoms with E-state index < -0.39 is 8.56 Å². The Morgan fingerprint density at radius 1 is 0.875 bits per heavy atom. The maximum Gasteiger partial charge on any atom is 0.344 e. The van der Waals surface area contributed by atoms with Crippen LogP contribution in [-0.2, 0) is 8.85 Å². The molecule has 2 rings (SSSR count). The summed E-state index contributed by atoms with van der Waals surface area (Å²) in [4.78, 5) is 0. The van der Waals surface area contributed by atoms with Gasteiger partial charge in [0.2, 0.25) is 0 Å². The van der Waals surface area contributed by atoms with Gasteiger partial charge in [0.1, 0.15) is 0 Å². The smallest absolute Gasteiger partial charge is 0.344 e. The summed E-state index contributed by atoms with van der Waals surface area (Å²) in [5, 5.41) is 0. The van der Waals surface area contributed by atoms with Crippen LogP contribution in [0.4, 0.5) is 0 Å². The van der Waals surface area contributed by atoms with E-state index in [1.54, 1.807) is 0 Å². The van der Waals surface area contributed by atoms with Gasteiger partial charge in [-0.25, -0.2) is 0 Å². The van der Waals surface area contributed by atoms with Crippen molar-refractivity contribution >= 4 is 8.56 Å². The second-order valence-corrected chi connectivity index (χ2v) is 13.3. The Labute approximate surface area is 152 Å². The molecule has 0 aliphatic heterocycles. The Bertz CT molecular complexity index is 364. The zero-order chi connectivity index (χ0) is 17.8. The fourth-order valence-electron chi connectivity index (χ4n) is 5.42. The summed E-state index contributed by atoms with van der Waals surface area (Å²) in [7, 11) is -2.18. The molecule has 3 unspecified atom stereocenters. The molecule has 0 spiro atoms. The van der Waals surface area contributed by atoms with Crippen molar-refractivity contribution in [1.29, 1.82) is 0 Å². The Balaban J connectivity index is 2.29. The van der Waals surface area contributed by atoms with Crippen LogP contribution in [0.3, 0.4) is 0 Å². The first-order chi connectivity index (χ1) is 11.3. The van der Waals surface area contributed by atoms with Crippen molar-refractivity contribution in [2.75, 3.05) is 13.2 Å². The number of hydrogen-bond donors (Lipinski definition) is 0. The van der Waals surface area contributed by atoms with E-state index in [1.165, 1.54) is 38.5 Å². The highest BCUT2D eigenvalue weighted by Crippen LogP contribution is 2.56. The van der Waals surface area contributed by atoms with E-state index in [9.17, 15) is 0 Å². The summed E-state index contributed by atoms with van der Waals surface area (Å²) < 4.78 is 13.6. The molecular formula is C21H42O2Si. The van der Waals surface area contributed by atoms with Crippen LogP contribution in [0.5, 0.6) is 0 Å². The van der Waals surface area contributed by atoms with Gasteiger partial charge < -0.3 is 8.85 Å². The predicted molar refractivity (Wildman–Crippen MR) is 106 cm³/mol. The normalized spacial score (nSPS) is 33.8. The molecule has 0 aromatic heterocycles. The first kappa shape index (κ1) is 20.4. The lowest BCUT2D eigenvalue weighted by Gasteiger charge is -2.46. The van der Waals surface area contributed by atoms with Crippen LogP contribution in [0.25, 0.3) is 0 Å². The van der Waals surface area contributed by atoms with Crippen molar-refractivity contribution in [3.63, 3.8) is 0 Å². The molecule has 0 saturated heterocycles. The Morgan fingerprint density at radius 2 is 1.42 bits per heavy atom. The molecule has 2 saturated carbocycles. The molecule has 0 N–H and O–H groups in total. The molecule has 0 aromatic rings. The van der Waals surface area contributed by atoms with Gasteiger partial charge in [-0.05, 0) is 68.6 Å². The summed E-state index contributed by atoms with van der Waals surface area (Å²) in [5.41, 5.74) is 1.88. The second-order valence-electron chi connectivity index (χ2n) is 9.64. The van der Waals surface area contributed by atoms with Crippen molar-refractivity contribution in [1.82, 2.24) is 0 Å². The van der Waals surface area contributed by atoms with Crippen molar-refractivity contribution in [2.24, 2.45) is 17.3 Å².